The van der Waals surface area contributed by atoms with E-state index in [2.05, 4.69) is 0 Å². The van der Waals surface area contributed by atoms with Gasteiger partial charge in [0.05, 0.1) is 11.2 Å². The summed E-state index contributed by atoms with van der Waals surface area (Å²) in [4.78, 5) is 18.9. The van der Waals surface area contributed by atoms with Crippen molar-refractivity contribution in [3.05, 3.63) is 95.4 Å². The van der Waals surface area contributed by atoms with E-state index in [4.69, 9.17) is 14.5 Å². The van der Waals surface area contributed by atoms with Crippen molar-refractivity contribution in [2.45, 2.75) is 39.4 Å². The van der Waals surface area contributed by atoms with Crippen LogP contribution < -0.4 is 14.4 Å². The van der Waals surface area contributed by atoms with E-state index < -0.39 is 0 Å². The summed E-state index contributed by atoms with van der Waals surface area (Å²) in [5, 5.41) is 0.632. The Bertz CT molecular complexity index is 1360. The van der Waals surface area contributed by atoms with Crippen molar-refractivity contribution >= 4 is 22.5 Å². The number of pyridine rings is 1. The molecule has 3 aromatic carbocycles. The molecule has 5 rings (SSSR count). The highest BCUT2D eigenvalue weighted by atomic mass is 19.1. The van der Waals surface area contributed by atoms with Gasteiger partial charge in [0.25, 0.3) is 0 Å². The Labute approximate surface area is 204 Å². The van der Waals surface area contributed by atoms with Crippen LogP contribution in [0.4, 0.5) is 10.1 Å². The van der Waals surface area contributed by atoms with E-state index in [1.54, 1.807) is 6.07 Å². The highest BCUT2D eigenvalue weighted by Gasteiger charge is 2.20. The van der Waals surface area contributed by atoms with Crippen molar-refractivity contribution in [1.29, 1.82) is 0 Å². The number of halogens is 1. The van der Waals surface area contributed by atoms with E-state index >= 15 is 0 Å². The van der Waals surface area contributed by atoms with E-state index in [1.165, 1.54) is 12.1 Å². The van der Waals surface area contributed by atoms with Gasteiger partial charge >= 0.3 is 0 Å². The van der Waals surface area contributed by atoms with Crippen molar-refractivity contribution in [3.8, 4) is 11.5 Å². The maximum atomic E-state index is 14.1. The molecular weight excluding hydrogens is 443 g/mol. The first-order chi connectivity index (χ1) is 17.1. The number of fused-ring (bicyclic) bond motifs is 1. The van der Waals surface area contributed by atoms with Gasteiger partial charge < -0.3 is 14.4 Å². The first-order valence-electron chi connectivity index (χ1n) is 11.9. The summed E-state index contributed by atoms with van der Waals surface area (Å²) in [5.41, 5.74) is 4.03. The molecule has 1 saturated heterocycles. The van der Waals surface area contributed by atoms with E-state index in [0.29, 0.717) is 41.1 Å². The fourth-order valence-electron chi connectivity index (χ4n) is 4.38. The maximum Gasteiger partial charge on any atom is 0.226 e. The summed E-state index contributed by atoms with van der Waals surface area (Å²) in [6.07, 6.45) is 2.53. The van der Waals surface area contributed by atoms with Gasteiger partial charge in [-0.3, -0.25) is 4.79 Å². The van der Waals surface area contributed by atoms with Gasteiger partial charge in [0.2, 0.25) is 5.91 Å². The number of nitrogens with zero attached hydrogens (tertiary/aromatic N) is 2. The minimum atomic E-state index is -0.337. The van der Waals surface area contributed by atoms with Crippen LogP contribution in [0.3, 0.4) is 0 Å². The Morgan fingerprint density at radius 1 is 0.943 bits per heavy atom. The van der Waals surface area contributed by atoms with E-state index in [9.17, 15) is 9.18 Å². The summed E-state index contributed by atoms with van der Waals surface area (Å²) in [6.45, 7) is 3.23. The number of hydrogen-bond donors (Lipinski definition) is 0. The second kappa shape index (κ2) is 10.1. The SMILES string of the molecule is Cc1c(COc2cccc(N3CCCCC3=O)c2)nc2ccc(F)cc2c1OCc1ccccc1. The highest BCUT2D eigenvalue weighted by molar-refractivity contribution is 5.94. The molecule has 6 heteroatoms. The lowest BCUT2D eigenvalue weighted by Crippen LogP contribution is -2.35. The molecule has 1 aliphatic heterocycles. The van der Waals surface area contributed by atoms with Crippen molar-refractivity contribution in [2.24, 2.45) is 0 Å². The molecule has 1 amide bonds. The number of hydrogen-bond acceptors (Lipinski definition) is 4. The molecule has 1 aromatic heterocycles. The lowest BCUT2D eigenvalue weighted by molar-refractivity contribution is -0.119. The lowest BCUT2D eigenvalue weighted by Gasteiger charge is -2.27. The molecule has 0 N–H and O–H groups in total. The summed E-state index contributed by atoms with van der Waals surface area (Å²) >= 11 is 0. The average Bonchev–Trinajstić information content (AvgIpc) is 2.88. The van der Waals surface area contributed by atoms with Crippen molar-refractivity contribution in [1.82, 2.24) is 4.98 Å². The van der Waals surface area contributed by atoms with Crippen LogP contribution in [0.25, 0.3) is 10.9 Å². The van der Waals surface area contributed by atoms with Crippen molar-refractivity contribution in [2.75, 3.05) is 11.4 Å². The van der Waals surface area contributed by atoms with Crippen LogP contribution in [0.1, 0.15) is 36.1 Å². The minimum absolute atomic E-state index is 0.146. The smallest absolute Gasteiger partial charge is 0.226 e. The Hall–Kier alpha value is -3.93. The number of benzene rings is 3. The van der Waals surface area contributed by atoms with E-state index in [-0.39, 0.29) is 18.3 Å². The molecule has 5 nitrogen and oxygen atoms in total. The zero-order valence-corrected chi connectivity index (χ0v) is 19.7. The normalized spacial score (nSPS) is 13.8. The molecule has 0 spiro atoms. The molecule has 35 heavy (non-hydrogen) atoms. The third-order valence-electron chi connectivity index (χ3n) is 6.29. The predicted octanol–water partition coefficient (Wildman–Crippen LogP) is 6.36. The number of rotatable bonds is 7. The van der Waals surface area contributed by atoms with Crippen molar-refractivity contribution in [3.63, 3.8) is 0 Å². The highest BCUT2D eigenvalue weighted by Crippen LogP contribution is 2.33. The van der Waals surface area contributed by atoms with Crippen LogP contribution in [-0.2, 0) is 18.0 Å². The second-order valence-electron chi connectivity index (χ2n) is 8.74. The fourth-order valence-corrected chi connectivity index (χ4v) is 4.38. The van der Waals surface area contributed by atoms with Gasteiger partial charge in [-0.15, -0.1) is 0 Å². The molecule has 2 heterocycles. The van der Waals surface area contributed by atoms with Crippen LogP contribution in [0.5, 0.6) is 11.5 Å². The summed E-state index contributed by atoms with van der Waals surface area (Å²) in [6, 6.07) is 22.0. The van der Waals surface area contributed by atoms with Gasteiger partial charge in [-0.1, -0.05) is 36.4 Å². The number of carbonyl (C=O) groups excluding carboxylic acids is 1. The molecule has 178 valence electrons. The molecule has 0 unspecified atom stereocenters. The van der Waals surface area contributed by atoms with Crippen LogP contribution in [0, 0.1) is 12.7 Å². The Balaban J connectivity index is 1.40. The first kappa shape index (κ1) is 22.8. The largest absolute Gasteiger partial charge is 0.488 e. The van der Waals surface area contributed by atoms with Crippen LogP contribution in [0.2, 0.25) is 0 Å². The standard InChI is InChI=1S/C29H27FN2O3/c1-20-27(19-34-24-11-7-10-23(17-24)32-15-6-5-12-28(32)33)31-26-14-13-22(30)16-25(26)29(20)35-18-21-8-3-2-4-9-21/h2-4,7-11,13-14,16-17H,5-6,12,15,18-19H2,1H3. The Morgan fingerprint density at radius 2 is 1.80 bits per heavy atom. The zero-order valence-electron chi connectivity index (χ0n) is 19.7. The van der Waals surface area contributed by atoms with Gasteiger partial charge in [0.15, 0.2) is 0 Å². The van der Waals surface area contributed by atoms with Gasteiger partial charge in [-0.05, 0) is 55.7 Å². The second-order valence-corrected chi connectivity index (χ2v) is 8.74. The van der Waals surface area contributed by atoms with Gasteiger partial charge in [0.1, 0.15) is 30.5 Å². The number of ether oxygens (including phenoxy) is 2. The molecule has 4 aromatic rings. The van der Waals surface area contributed by atoms with E-state index in [1.807, 2.05) is 66.4 Å². The Kier molecular flexibility index (Phi) is 6.62. The first-order valence-corrected chi connectivity index (χ1v) is 11.9. The molecular formula is C29H27FN2O3. The molecule has 1 aliphatic rings. The van der Waals surface area contributed by atoms with E-state index in [0.717, 1.165) is 36.2 Å². The number of aromatic nitrogens is 1. The summed E-state index contributed by atoms with van der Waals surface area (Å²) in [7, 11) is 0. The molecule has 0 atom stereocenters. The number of anilines is 1. The van der Waals surface area contributed by atoms with Crippen molar-refractivity contribution < 1.29 is 18.7 Å². The summed E-state index contributed by atoms with van der Waals surface area (Å²) < 4.78 is 26.4. The van der Waals surface area contributed by atoms with Gasteiger partial charge in [0, 0.05) is 35.7 Å². The van der Waals surface area contributed by atoms with Crippen LogP contribution in [-0.4, -0.2) is 17.4 Å². The monoisotopic (exact) mass is 470 g/mol. The van der Waals surface area contributed by atoms with Crippen LogP contribution >= 0.6 is 0 Å². The Morgan fingerprint density at radius 3 is 2.63 bits per heavy atom. The fraction of sp³-hybridized carbons (Fsp3) is 0.241. The predicted molar refractivity (Wildman–Crippen MR) is 134 cm³/mol. The van der Waals surface area contributed by atoms with Gasteiger partial charge in [-0.2, -0.15) is 0 Å². The third kappa shape index (κ3) is 5.11. The number of amides is 1. The minimum Gasteiger partial charge on any atom is -0.488 e. The quantitative estimate of drug-likeness (QED) is 0.316. The summed E-state index contributed by atoms with van der Waals surface area (Å²) in [5.74, 6) is 1.07. The molecule has 0 bridgehead atoms. The zero-order chi connectivity index (χ0) is 24.2. The molecule has 0 radical (unpaired) electrons. The van der Waals surface area contributed by atoms with Crippen LogP contribution in [0.15, 0.2) is 72.8 Å². The topological polar surface area (TPSA) is 51.7 Å². The molecule has 0 saturated carbocycles. The maximum absolute atomic E-state index is 14.1. The molecule has 0 aliphatic carbocycles. The number of piperidine rings is 1. The molecule has 1 fully saturated rings. The van der Waals surface area contributed by atoms with Gasteiger partial charge in [-0.25, -0.2) is 9.37 Å². The average molecular weight is 471 g/mol. The third-order valence-corrected chi connectivity index (χ3v) is 6.29. The lowest BCUT2D eigenvalue weighted by atomic mass is 10.1. The number of carbonyl (C=O) groups is 1.